The fraction of sp³-hybridized carbons (Fsp3) is 0.211. The quantitative estimate of drug-likeness (QED) is 0.377. The van der Waals surface area contributed by atoms with E-state index in [1.54, 1.807) is 34.9 Å². The number of alkyl halides is 3. The van der Waals surface area contributed by atoms with Crippen LogP contribution in [0.1, 0.15) is 12.2 Å². The van der Waals surface area contributed by atoms with E-state index in [0.29, 0.717) is 24.4 Å². The van der Waals surface area contributed by atoms with E-state index in [1.807, 2.05) is 24.3 Å². The smallest absolute Gasteiger partial charge is 0.306 e. The molecular weight excluding hydrogens is 403 g/mol. The molecule has 6 nitrogen and oxygen atoms in total. The highest BCUT2D eigenvalue weighted by Gasteiger charge is 2.39. The molecule has 0 unspecified atom stereocenters. The highest BCUT2D eigenvalue weighted by Crippen LogP contribution is 2.33. The Hall–Kier alpha value is -3.01. The maximum Gasteiger partial charge on any atom is 0.452 e. The minimum Gasteiger partial charge on any atom is -0.306 e. The lowest BCUT2D eigenvalue weighted by atomic mass is 10.3. The van der Waals surface area contributed by atoms with Gasteiger partial charge in [0.15, 0.2) is 5.16 Å². The summed E-state index contributed by atoms with van der Waals surface area (Å²) in [5.41, 5.74) is 1.70. The summed E-state index contributed by atoms with van der Waals surface area (Å²) in [7, 11) is 0. The number of hydrogen-bond donors (Lipinski definition) is 1. The molecule has 0 bridgehead atoms. The van der Waals surface area contributed by atoms with Crippen LogP contribution in [0.2, 0.25) is 0 Å². The molecule has 0 fully saturated rings. The van der Waals surface area contributed by atoms with Crippen molar-refractivity contribution in [1.82, 2.24) is 24.3 Å². The largest absolute Gasteiger partial charge is 0.452 e. The van der Waals surface area contributed by atoms with Gasteiger partial charge in [-0.25, -0.2) is 4.79 Å². The van der Waals surface area contributed by atoms with Gasteiger partial charge in [0.2, 0.25) is 5.82 Å². The molecule has 4 aromatic rings. The van der Waals surface area contributed by atoms with E-state index in [0.717, 1.165) is 15.6 Å². The van der Waals surface area contributed by atoms with E-state index in [1.165, 1.54) is 11.8 Å². The number of aromatic amines is 1. The number of H-pyrrole nitrogens is 1. The third kappa shape index (κ3) is 3.93. The number of aryl methyl sites for hydroxylation is 1. The zero-order chi connectivity index (χ0) is 20.4. The molecule has 10 heteroatoms. The Morgan fingerprint density at radius 3 is 2.48 bits per heavy atom. The molecule has 4 rings (SSSR count). The fourth-order valence-corrected chi connectivity index (χ4v) is 3.95. The molecule has 0 spiro atoms. The van der Waals surface area contributed by atoms with E-state index >= 15 is 0 Å². The monoisotopic (exact) mass is 419 g/mol. The first kappa shape index (κ1) is 19.3. The molecule has 2 aromatic carbocycles. The number of benzene rings is 2. The van der Waals surface area contributed by atoms with Crippen molar-refractivity contribution < 1.29 is 13.2 Å². The highest BCUT2D eigenvalue weighted by molar-refractivity contribution is 7.99. The van der Waals surface area contributed by atoms with Gasteiger partial charge < -0.3 is 4.98 Å². The first-order valence-corrected chi connectivity index (χ1v) is 9.82. The molecule has 150 valence electrons. The molecule has 0 aliphatic carbocycles. The standard InChI is InChI=1S/C19H16F3N5OS/c20-19(21,22)16-24-25-18(27(16)13-7-2-1-3-8-13)29-12-6-11-26-15-10-5-4-9-14(15)23-17(26)28/h1-5,7-10H,6,11-12H2,(H,23,28). The van der Waals surface area contributed by atoms with Gasteiger partial charge in [-0.1, -0.05) is 42.1 Å². The Labute approximate surface area is 167 Å². The highest BCUT2D eigenvalue weighted by atomic mass is 32.2. The van der Waals surface area contributed by atoms with Crippen LogP contribution in [0.4, 0.5) is 13.2 Å². The SMILES string of the molecule is O=c1[nH]c2ccccc2n1CCCSc1nnc(C(F)(F)F)n1-c1ccccc1. The summed E-state index contributed by atoms with van der Waals surface area (Å²) in [6, 6.07) is 15.6. The van der Waals surface area contributed by atoms with Crippen molar-refractivity contribution in [2.24, 2.45) is 0 Å². The molecule has 0 aliphatic heterocycles. The maximum atomic E-state index is 13.3. The molecule has 0 saturated carbocycles. The molecule has 0 aliphatic rings. The number of para-hydroxylation sites is 3. The predicted octanol–water partition coefficient (Wildman–Crippen LogP) is 4.11. The number of hydrogen-bond acceptors (Lipinski definition) is 4. The molecule has 2 aromatic heterocycles. The summed E-state index contributed by atoms with van der Waals surface area (Å²) in [5, 5.41) is 7.26. The zero-order valence-electron chi connectivity index (χ0n) is 15.1. The average Bonchev–Trinajstić information content (AvgIpc) is 3.26. The second-order valence-corrected chi connectivity index (χ2v) is 7.34. The van der Waals surface area contributed by atoms with E-state index < -0.39 is 12.0 Å². The molecule has 0 radical (unpaired) electrons. The number of nitrogens with one attached hydrogen (secondary N) is 1. The van der Waals surface area contributed by atoms with Gasteiger partial charge in [-0.05, 0) is 30.7 Å². The first-order valence-electron chi connectivity index (χ1n) is 8.83. The first-order chi connectivity index (χ1) is 13.9. The second-order valence-electron chi connectivity index (χ2n) is 6.28. The lowest BCUT2D eigenvalue weighted by molar-refractivity contribution is -0.146. The number of halogens is 3. The Balaban J connectivity index is 1.51. The van der Waals surface area contributed by atoms with Crippen molar-refractivity contribution in [1.29, 1.82) is 0 Å². The minimum atomic E-state index is -4.61. The second kappa shape index (κ2) is 7.78. The van der Waals surface area contributed by atoms with Crippen LogP contribution in [0.5, 0.6) is 0 Å². The number of imidazole rings is 1. The molecule has 29 heavy (non-hydrogen) atoms. The van der Waals surface area contributed by atoms with Gasteiger partial charge in [-0.15, -0.1) is 10.2 Å². The Kier molecular flexibility index (Phi) is 5.18. The van der Waals surface area contributed by atoms with Crippen LogP contribution in [-0.4, -0.2) is 30.1 Å². The van der Waals surface area contributed by atoms with Crippen molar-refractivity contribution in [2.45, 2.75) is 24.3 Å². The van der Waals surface area contributed by atoms with Crippen molar-refractivity contribution in [3.8, 4) is 5.69 Å². The van der Waals surface area contributed by atoms with Gasteiger partial charge in [0.25, 0.3) is 0 Å². The van der Waals surface area contributed by atoms with E-state index in [9.17, 15) is 18.0 Å². The van der Waals surface area contributed by atoms with Crippen molar-refractivity contribution >= 4 is 22.8 Å². The summed E-state index contributed by atoms with van der Waals surface area (Å²) in [5.74, 6) is -0.576. The van der Waals surface area contributed by atoms with Crippen LogP contribution >= 0.6 is 11.8 Å². The predicted molar refractivity (Wildman–Crippen MR) is 104 cm³/mol. The minimum absolute atomic E-state index is 0.162. The Morgan fingerprint density at radius 1 is 1.00 bits per heavy atom. The van der Waals surface area contributed by atoms with Gasteiger partial charge in [0, 0.05) is 18.0 Å². The molecule has 0 saturated heterocycles. The van der Waals surface area contributed by atoms with Gasteiger partial charge >= 0.3 is 11.9 Å². The van der Waals surface area contributed by atoms with Crippen molar-refractivity contribution in [2.75, 3.05) is 5.75 Å². The third-order valence-corrected chi connectivity index (χ3v) is 5.36. The van der Waals surface area contributed by atoms with Crippen LogP contribution in [-0.2, 0) is 12.7 Å². The van der Waals surface area contributed by atoms with E-state index in [-0.39, 0.29) is 10.8 Å². The van der Waals surface area contributed by atoms with Gasteiger partial charge in [0.1, 0.15) is 0 Å². The van der Waals surface area contributed by atoms with Crippen molar-refractivity contribution in [3.05, 3.63) is 70.9 Å². The summed E-state index contributed by atoms with van der Waals surface area (Å²) >= 11 is 1.18. The lowest BCUT2D eigenvalue weighted by Gasteiger charge is -2.11. The molecule has 2 heterocycles. The molecular formula is C19H16F3N5OS. The zero-order valence-corrected chi connectivity index (χ0v) is 15.9. The normalized spacial score (nSPS) is 12.0. The number of nitrogens with zero attached hydrogens (tertiary/aromatic N) is 4. The van der Waals surface area contributed by atoms with Crippen LogP contribution in [0, 0.1) is 0 Å². The maximum absolute atomic E-state index is 13.3. The Bertz CT molecular complexity index is 1180. The number of rotatable bonds is 6. The molecule has 1 N–H and O–H groups in total. The van der Waals surface area contributed by atoms with Gasteiger partial charge in [-0.3, -0.25) is 9.13 Å². The van der Waals surface area contributed by atoms with Crippen LogP contribution in [0.25, 0.3) is 16.7 Å². The van der Waals surface area contributed by atoms with Crippen LogP contribution in [0.15, 0.2) is 64.5 Å². The van der Waals surface area contributed by atoms with Gasteiger partial charge in [-0.2, -0.15) is 13.2 Å². The van der Waals surface area contributed by atoms with Crippen LogP contribution < -0.4 is 5.69 Å². The van der Waals surface area contributed by atoms with E-state index in [2.05, 4.69) is 15.2 Å². The number of fused-ring (bicyclic) bond motifs is 1. The third-order valence-electron chi connectivity index (χ3n) is 4.34. The summed E-state index contributed by atoms with van der Waals surface area (Å²) < 4.78 is 42.7. The number of thioether (sulfide) groups is 1. The summed E-state index contributed by atoms with van der Waals surface area (Å²) in [4.78, 5) is 14.9. The molecule has 0 atom stereocenters. The van der Waals surface area contributed by atoms with Crippen LogP contribution in [0.3, 0.4) is 0 Å². The molecule has 0 amide bonds. The Morgan fingerprint density at radius 2 is 1.72 bits per heavy atom. The van der Waals surface area contributed by atoms with Crippen molar-refractivity contribution in [3.63, 3.8) is 0 Å². The topological polar surface area (TPSA) is 68.5 Å². The fourth-order valence-electron chi connectivity index (χ4n) is 3.07. The van der Waals surface area contributed by atoms with Gasteiger partial charge in [0.05, 0.1) is 11.0 Å². The average molecular weight is 419 g/mol. The van der Waals surface area contributed by atoms with E-state index in [4.69, 9.17) is 0 Å². The summed E-state index contributed by atoms with van der Waals surface area (Å²) in [6.07, 6.45) is -4.03. The summed E-state index contributed by atoms with van der Waals surface area (Å²) in [6.45, 7) is 0.446. The lowest BCUT2D eigenvalue weighted by Crippen LogP contribution is -2.17. The number of aromatic nitrogens is 5.